The molecule has 0 aliphatic heterocycles. The number of benzene rings is 1. The van der Waals surface area contributed by atoms with Crippen LogP contribution >= 0.6 is 11.6 Å². The van der Waals surface area contributed by atoms with Crippen molar-refractivity contribution in [3.8, 4) is 5.75 Å². The van der Waals surface area contributed by atoms with Crippen molar-refractivity contribution in [2.45, 2.75) is 6.92 Å². The summed E-state index contributed by atoms with van der Waals surface area (Å²) in [7, 11) is 1.17. The number of carbonyl (C=O) groups excluding carboxylic acids is 1. The largest absolute Gasteiger partial charge is 0.491 e. The molecule has 82 valence electrons. The van der Waals surface area contributed by atoms with E-state index in [1.807, 2.05) is 0 Å². The van der Waals surface area contributed by atoms with E-state index >= 15 is 0 Å². The summed E-state index contributed by atoms with van der Waals surface area (Å²) in [6.45, 7) is 2.00. The molecule has 0 saturated heterocycles. The van der Waals surface area contributed by atoms with E-state index in [2.05, 4.69) is 4.74 Å². The van der Waals surface area contributed by atoms with E-state index < -0.39 is 11.8 Å². The van der Waals surface area contributed by atoms with Crippen LogP contribution in [0.5, 0.6) is 5.75 Å². The van der Waals surface area contributed by atoms with Gasteiger partial charge in [0.15, 0.2) is 11.6 Å². The molecule has 1 rings (SSSR count). The predicted octanol–water partition coefficient (Wildman–Crippen LogP) is 2.66. The molecule has 0 unspecified atom stereocenters. The molecule has 0 saturated carbocycles. The van der Waals surface area contributed by atoms with Gasteiger partial charge in [-0.25, -0.2) is 9.18 Å². The SMILES string of the molecule is CCOc1cc(Cl)cc(C(=O)OC)c1F. The molecule has 0 aromatic heterocycles. The van der Waals surface area contributed by atoms with E-state index in [9.17, 15) is 9.18 Å². The zero-order valence-electron chi connectivity index (χ0n) is 8.34. The summed E-state index contributed by atoms with van der Waals surface area (Å²) < 4.78 is 23.0. The predicted molar refractivity (Wildman–Crippen MR) is 53.9 cm³/mol. The van der Waals surface area contributed by atoms with Gasteiger partial charge < -0.3 is 9.47 Å². The van der Waals surface area contributed by atoms with Gasteiger partial charge in [0.05, 0.1) is 13.7 Å². The number of esters is 1. The van der Waals surface area contributed by atoms with Gasteiger partial charge in [0.2, 0.25) is 0 Å². The Morgan fingerprint density at radius 1 is 1.53 bits per heavy atom. The normalized spacial score (nSPS) is 9.87. The third kappa shape index (κ3) is 2.59. The second-order valence-corrected chi connectivity index (χ2v) is 3.13. The quantitative estimate of drug-likeness (QED) is 0.752. The first-order valence-electron chi connectivity index (χ1n) is 4.30. The Hall–Kier alpha value is -1.29. The number of hydrogen-bond donors (Lipinski definition) is 0. The third-order valence-electron chi connectivity index (χ3n) is 1.71. The Labute approximate surface area is 91.7 Å². The fourth-order valence-corrected chi connectivity index (χ4v) is 1.29. The summed E-state index contributed by atoms with van der Waals surface area (Å²) in [5, 5.41) is 0.222. The zero-order valence-corrected chi connectivity index (χ0v) is 9.10. The molecule has 0 N–H and O–H groups in total. The highest BCUT2D eigenvalue weighted by Gasteiger charge is 2.17. The lowest BCUT2D eigenvalue weighted by Crippen LogP contribution is -2.06. The van der Waals surface area contributed by atoms with Crippen LogP contribution in [0.15, 0.2) is 12.1 Å². The molecule has 3 nitrogen and oxygen atoms in total. The Bertz CT molecular complexity index is 379. The first-order chi connectivity index (χ1) is 7.10. The smallest absolute Gasteiger partial charge is 0.341 e. The van der Waals surface area contributed by atoms with Gasteiger partial charge in [-0.05, 0) is 13.0 Å². The zero-order chi connectivity index (χ0) is 11.4. The highest BCUT2D eigenvalue weighted by atomic mass is 35.5. The lowest BCUT2D eigenvalue weighted by Gasteiger charge is -2.08. The van der Waals surface area contributed by atoms with Gasteiger partial charge in [0.25, 0.3) is 0 Å². The standard InChI is InChI=1S/C10H10ClFO3/c1-3-15-8-5-6(11)4-7(9(8)12)10(13)14-2/h4-5H,3H2,1-2H3. The number of hydrogen-bond acceptors (Lipinski definition) is 3. The van der Waals surface area contributed by atoms with Gasteiger partial charge in [0.1, 0.15) is 5.56 Å². The van der Waals surface area contributed by atoms with E-state index in [1.54, 1.807) is 6.92 Å². The maximum atomic E-state index is 13.6. The molecule has 1 aromatic carbocycles. The van der Waals surface area contributed by atoms with E-state index in [-0.39, 0.29) is 22.9 Å². The molecule has 0 spiro atoms. The molecular weight excluding hydrogens is 223 g/mol. The van der Waals surface area contributed by atoms with Crippen molar-refractivity contribution in [1.29, 1.82) is 0 Å². The van der Waals surface area contributed by atoms with Crippen molar-refractivity contribution in [3.63, 3.8) is 0 Å². The molecule has 0 fully saturated rings. The second-order valence-electron chi connectivity index (χ2n) is 2.69. The van der Waals surface area contributed by atoms with Crippen LogP contribution in [0.2, 0.25) is 5.02 Å². The summed E-state index contributed by atoms with van der Waals surface area (Å²) in [4.78, 5) is 11.2. The molecule has 0 aliphatic rings. The molecule has 15 heavy (non-hydrogen) atoms. The van der Waals surface area contributed by atoms with Crippen LogP contribution in [0.4, 0.5) is 4.39 Å². The lowest BCUT2D eigenvalue weighted by molar-refractivity contribution is 0.0594. The van der Waals surface area contributed by atoms with Crippen LogP contribution in [0.1, 0.15) is 17.3 Å². The second kappa shape index (κ2) is 4.98. The van der Waals surface area contributed by atoms with Gasteiger partial charge in [-0.15, -0.1) is 0 Å². The van der Waals surface area contributed by atoms with Crippen molar-refractivity contribution >= 4 is 17.6 Å². The highest BCUT2D eigenvalue weighted by molar-refractivity contribution is 6.31. The van der Waals surface area contributed by atoms with Crippen molar-refractivity contribution in [3.05, 3.63) is 28.5 Å². The molecular formula is C10H10ClFO3. The van der Waals surface area contributed by atoms with Crippen molar-refractivity contribution in [1.82, 2.24) is 0 Å². The molecule has 5 heteroatoms. The van der Waals surface area contributed by atoms with E-state index in [0.717, 1.165) is 0 Å². The minimum atomic E-state index is -0.782. The monoisotopic (exact) mass is 232 g/mol. The highest BCUT2D eigenvalue weighted by Crippen LogP contribution is 2.26. The Morgan fingerprint density at radius 3 is 2.73 bits per heavy atom. The number of halogens is 2. The van der Waals surface area contributed by atoms with Crippen LogP contribution in [0.3, 0.4) is 0 Å². The van der Waals surface area contributed by atoms with E-state index in [0.29, 0.717) is 0 Å². The molecule has 0 aliphatic carbocycles. The lowest BCUT2D eigenvalue weighted by atomic mass is 10.2. The van der Waals surface area contributed by atoms with E-state index in [1.165, 1.54) is 19.2 Å². The van der Waals surface area contributed by atoms with Gasteiger partial charge in [-0.2, -0.15) is 0 Å². The maximum Gasteiger partial charge on any atom is 0.341 e. The summed E-state index contributed by atoms with van der Waals surface area (Å²) in [6, 6.07) is 2.51. The van der Waals surface area contributed by atoms with Crippen LogP contribution in [0.25, 0.3) is 0 Å². The molecule has 1 aromatic rings. The van der Waals surface area contributed by atoms with Gasteiger partial charge >= 0.3 is 5.97 Å². The number of ether oxygens (including phenoxy) is 2. The minimum Gasteiger partial charge on any atom is -0.491 e. The fourth-order valence-electron chi connectivity index (χ4n) is 1.08. The van der Waals surface area contributed by atoms with Gasteiger partial charge in [0, 0.05) is 11.1 Å². The van der Waals surface area contributed by atoms with Crippen molar-refractivity contribution < 1.29 is 18.7 Å². The Balaban J connectivity index is 3.21. The van der Waals surface area contributed by atoms with Crippen LogP contribution in [0, 0.1) is 5.82 Å². The van der Waals surface area contributed by atoms with Crippen molar-refractivity contribution in [2.75, 3.05) is 13.7 Å². The third-order valence-corrected chi connectivity index (χ3v) is 1.93. The number of methoxy groups -OCH3 is 1. The first kappa shape index (κ1) is 11.8. The molecule has 0 atom stereocenters. The summed E-state index contributed by atoms with van der Waals surface area (Å²) in [6.07, 6.45) is 0. The first-order valence-corrected chi connectivity index (χ1v) is 4.68. The summed E-state index contributed by atoms with van der Waals surface area (Å²) in [5.74, 6) is -1.59. The topological polar surface area (TPSA) is 35.5 Å². The van der Waals surface area contributed by atoms with Crippen LogP contribution < -0.4 is 4.74 Å². The minimum absolute atomic E-state index is 0.0506. The average Bonchev–Trinajstić information content (AvgIpc) is 2.22. The number of carbonyl (C=O) groups is 1. The summed E-state index contributed by atoms with van der Waals surface area (Å²) >= 11 is 5.70. The molecule has 0 bridgehead atoms. The Kier molecular flexibility index (Phi) is 3.91. The Morgan fingerprint density at radius 2 is 2.20 bits per heavy atom. The van der Waals surface area contributed by atoms with Crippen LogP contribution in [-0.2, 0) is 4.74 Å². The number of rotatable bonds is 3. The fraction of sp³-hybridized carbons (Fsp3) is 0.300. The van der Waals surface area contributed by atoms with Crippen LogP contribution in [-0.4, -0.2) is 19.7 Å². The van der Waals surface area contributed by atoms with E-state index in [4.69, 9.17) is 16.3 Å². The summed E-state index contributed by atoms with van der Waals surface area (Å²) in [5.41, 5.74) is -0.228. The van der Waals surface area contributed by atoms with Gasteiger partial charge in [-0.3, -0.25) is 0 Å². The molecule has 0 radical (unpaired) electrons. The molecule has 0 heterocycles. The van der Waals surface area contributed by atoms with Crippen molar-refractivity contribution in [2.24, 2.45) is 0 Å². The molecule has 0 amide bonds. The average molecular weight is 233 g/mol. The van der Waals surface area contributed by atoms with Gasteiger partial charge in [-0.1, -0.05) is 11.6 Å². The maximum absolute atomic E-state index is 13.6.